The van der Waals surface area contributed by atoms with Gasteiger partial charge in [-0.15, -0.1) is 0 Å². The van der Waals surface area contributed by atoms with Crippen molar-refractivity contribution in [2.75, 3.05) is 27.3 Å². The van der Waals surface area contributed by atoms with Crippen LogP contribution in [0, 0.1) is 0 Å². The van der Waals surface area contributed by atoms with E-state index in [9.17, 15) is 9.90 Å². The van der Waals surface area contributed by atoms with Crippen molar-refractivity contribution in [2.24, 2.45) is 0 Å². The number of ether oxygens (including phenoxy) is 1. The van der Waals surface area contributed by atoms with Crippen LogP contribution >= 0.6 is 0 Å². The minimum atomic E-state index is -0.761. The monoisotopic (exact) mass is 272 g/mol. The van der Waals surface area contributed by atoms with Gasteiger partial charge in [0.15, 0.2) is 0 Å². The smallest absolute Gasteiger partial charge is 0.323 e. The van der Waals surface area contributed by atoms with Crippen LogP contribution in [-0.2, 0) is 9.53 Å². The van der Waals surface area contributed by atoms with Gasteiger partial charge in [-0.3, -0.25) is 9.69 Å². The number of hydrogen-bond donors (Lipinski definition) is 2. The summed E-state index contributed by atoms with van der Waals surface area (Å²) < 4.78 is 5.17. The average Bonchev–Trinajstić information content (AvgIpc) is 2.38. The Bertz CT molecular complexity index is 296. The number of carboxylic acid groups (broad SMARTS) is 1. The second kappa shape index (κ2) is 7.22. The molecule has 2 atom stereocenters. The van der Waals surface area contributed by atoms with Gasteiger partial charge in [-0.05, 0) is 46.6 Å². The summed E-state index contributed by atoms with van der Waals surface area (Å²) in [7, 11) is 3.46. The lowest BCUT2D eigenvalue weighted by atomic mass is 9.78. The van der Waals surface area contributed by atoms with Crippen molar-refractivity contribution in [2.45, 2.75) is 57.2 Å². The zero-order chi connectivity index (χ0) is 14.5. The Hall–Kier alpha value is -0.650. The minimum Gasteiger partial charge on any atom is -0.480 e. The molecule has 112 valence electrons. The summed E-state index contributed by atoms with van der Waals surface area (Å²) in [6.07, 6.45) is 3.40. The first-order valence-corrected chi connectivity index (χ1v) is 7.14. The van der Waals surface area contributed by atoms with Gasteiger partial charge >= 0.3 is 5.97 Å². The maximum Gasteiger partial charge on any atom is 0.323 e. The van der Waals surface area contributed by atoms with E-state index in [0.717, 1.165) is 19.4 Å². The molecule has 0 amide bonds. The molecule has 1 fully saturated rings. The zero-order valence-electron chi connectivity index (χ0n) is 12.6. The van der Waals surface area contributed by atoms with Crippen LogP contribution in [0.1, 0.15) is 39.5 Å². The predicted molar refractivity (Wildman–Crippen MR) is 75.4 cm³/mol. The van der Waals surface area contributed by atoms with E-state index in [4.69, 9.17) is 4.74 Å². The molecule has 0 saturated heterocycles. The van der Waals surface area contributed by atoms with E-state index in [2.05, 4.69) is 24.1 Å². The van der Waals surface area contributed by atoms with Gasteiger partial charge in [0.2, 0.25) is 0 Å². The molecule has 1 aliphatic rings. The van der Waals surface area contributed by atoms with Crippen LogP contribution in [0.2, 0.25) is 0 Å². The van der Waals surface area contributed by atoms with Gasteiger partial charge < -0.3 is 15.2 Å². The number of aliphatic carboxylic acids is 1. The Labute approximate surface area is 116 Å². The molecule has 0 bridgehead atoms. The SMILES string of the molecule is CNC1(C(=O)O)CCCC(N(CCOC)C(C)C)C1. The highest BCUT2D eigenvalue weighted by Crippen LogP contribution is 2.32. The number of nitrogens with zero attached hydrogens (tertiary/aromatic N) is 1. The van der Waals surface area contributed by atoms with Gasteiger partial charge in [0.05, 0.1) is 6.61 Å². The number of carboxylic acids is 1. The molecule has 0 heterocycles. The topological polar surface area (TPSA) is 61.8 Å². The van der Waals surface area contributed by atoms with E-state index in [1.54, 1.807) is 14.2 Å². The molecule has 5 heteroatoms. The molecule has 19 heavy (non-hydrogen) atoms. The highest BCUT2D eigenvalue weighted by molar-refractivity contribution is 5.79. The van der Waals surface area contributed by atoms with Gasteiger partial charge in [0, 0.05) is 25.7 Å². The number of likely N-dealkylation sites (N-methyl/N-ethyl adjacent to an activating group) is 1. The number of methoxy groups -OCH3 is 1. The minimum absolute atomic E-state index is 0.312. The van der Waals surface area contributed by atoms with E-state index < -0.39 is 11.5 Å². The summed E-state index contributed by atoms with van der Waals surface area (Å²) in [6, 6.07) is 0.717. The van der Waals surface area contributed by atoms with E-state index in [0.29, 0.717) is 31.5 Å². The van der Waals surface area contributed by atoms with Crippen molar-refractivity contribution in [3.8, 4) is 0 Å². The summed E-state index contributed by atoms with van der Waals surface area (Å²) >= 11 is 0. The first-order valence-electron chi connectivity index (χ1n) is 7.14. The van der Waals surface area contributed by atoms with Gasteiger partial charge in [0.25, 0.3) is 0 Å². The van der Waals surface area contributed by atoms with Gasteiger partial charge in [-0.1, -0.05) is 0 Å². The third kappa shape index (κ3) is 3.91. The standard InChI is InChI=1S/C14H28N2O3/c1-11(2)16(8-9-19-4)12-6-5-7-14(10-12,15-3)13(17)18/h11-12,15H,5-10H2,1-4H3,(H,17,18). The Balaban J connectivity index is 2.78. The molecule has 1 aliphatic carbocycles. The lowest BCUT2D eigenvalue weighted by Crippen LogP contribution is -2.58. The predicted octanol–water partition coefficient (Wildman–Crippen LogP) is 1.33. The first-order chi connectivity index (χ1) is 8.96. The van der Waals surface area contributed by atoms with Crippen molar-refractivity contribution in [1.82, 2.24) is 10.2 Å². The van der Waals surface area contributed by atoms with E-state index >= 15 is 0 Å². The number of nitrogens with one attached hydrogen (secondary N) is 1. The Kier molecular flexibility index (Phi) is 6.23. The van der Waals surface area contributed by atoms with Crippen LogP contribution in [0.5, 0.6) is 0 Å². The lowest BCUT2D eigenvalue weighted by Gasteiger charge is -2.43. The van der Waals surface area contributed by atoms with Crippen LogP contribution in [0.15, 0.2) is 0 Å². The molecule has 0 aromatic rings. The molecular weight excluding hydrogens is 244 g/mol. The summed E-state index contributed by atoms with van der Waals surface area (Å²) in [5.41, 5.74) is -0.761. The number of carbonyl (C=O) groups is 1. The number of hydrogen-bond acceptors (Lipinski definition) is 4. The first kappa shape index (κ1) is 16.4. The van der Waals surface area contributed by atoms with Crippen LogP contribution in [-0.4, -0.2) is 60.9 Å². The molecule has 0 aromatic carbocycles. The maximum absolute atomic E-state index is 11.6. The highest BCUT2D eigenvalue weighted by Gasteiger charge is 2.43. The fourth-order valence-electron chi connectivity index (χ4n) is 3.12. The molecule has 5 nitrogen and oxygen atoms in total. The van der Waals surface area contributed by atoms with Crippen molar-refractivity contribution in [1.29, 1.82) is 0 Å². The van der Waals surface area contributed by atoms with Crippen LogP contribution in [0.25, 0.3) is 0 Å². The van der Waals surface area contributed by atoms with E-state index in [1.807, 2.05) is 0 Å². The fourth-order valence-corrected chi connectivity index (χ4v) is 3.12. The molecule has 0 aliphatic heterocycles. The summed E-state index contributed by atoms with van der Waals surface area (Å²) in [5.74, 6) is -0.727. The average molecular weight is 272 g/mol. The molecule has 1 saturated carbocycles. The van der Waals surface area contributed by atoms with Crippen LogP contribution < -0.4 is 5.32 Å². The van der Waals surface area contributed by atoms with Crippen molar-refractivity contribution in [3.05, 3.63) is 0 Å². The Morgan fingerprint density at radius 2 is 2.26 bits per heavy atom. The summed E-state index contributed by atoms with van der Waals surface area (Å²) in [5, 5.41) is 12.5. The van der Waals surface area contributed by atoms with E-state index in [-0.39, 0.29) is 0 Å². The largest absolute Gasteiger partial charge is 0.480 e. The Morgan fingerprint density at radius 3 is 2.74 bits per heavy atom. The third-order valence-electron chi connectivity index (χ3n) is 4.30. The van der Waals surface area contributed by atoms with Crippen LogP contribution in [0.3, 0.4) is 0 Å². The summed E-state index contributed by atoms with van der Waals surface area (Å²) in [6.45, 7) is 5.87. The lowest BCUT2D eigenvalue weighted by molar-refractivity contribution is -0.147. The Morgan fingerprint density at radius 1 is 1.58 bits per heavy atom. The normalized spacial score (nSPS) is 28.0. The highest BCUT2D eigenvalue weighted by atomic mass is 16.5. The second-order valence-electron chi connectivity index (χ2n) is 5.71. The molecule has 2 N–H and O–H groups in total. The maximum atomic E-state index is 11.6. The molecule has 2 unspecified atom stereocenters. The third-order valence-corrected chi connectivity index (χ3v) is 4.30. The second-order valence-corrected chi connectivity index (χ2v) is 5.71. The zero-order valence-corrected chi connectivity index (χ0v) is 12.6. The van der Waals surface area contributed by atoms with Crippen LogP contribution in [0.4, 0.5) is 0 Å². The molecule has 1 rings (SSSR count). The van der Waals surface area contributed by atoms with Gasteiger partial charge in [-0.2, -0.15) is 0 Å². The molecule has 0 spiro atoms. The van der Waals surface area contributed by atoms with Crippen molar-refractivity contribution in [3.63, 3.8) is 0 Å². The molecular formula is C14H28N2O3. The fraction of sp³-hybridized carbons (Fsp3) is 0.929. The number of rotatable bonds is 7. The van der Waals surface area contributed by atoms with E-state index in [1.165, 1.54) is 0 Å². The summed E-state index contributed by atoms with van der Waals surface area (Å²) in [4.78, 5) is 13.9. The van der Waals surface area contributed by atoms with Gasteiger partial charge in [0.1, 0.15) is 5.54 Å². The van der Waals surface area contributed by atoms with Crippen molar-refractivity contribution >= 4 is 5.97 Å². The molecule has 0 radical (unpaired) electrons. The molecule has 0 aromatic heterocycles. The van der Waals surface area contributed by atoms with Crippen molar-refractivity contribution < 1.29 is 14.6 Å². The van der Waals surface area contributed by atoms with Gasteiger partial charge in [-0.25, -0.2) is 0 Å². The quantitative estimate of drug-likeness (QED) is 0.732.